The van der Waals surface area contributed by atoms with E-state index in [1.54, 1.807) is 0 Å². The SMILES string of the molecule is Cc1ccccc1B1OC(c2ccccc2)(c2ccccc2)[C@H]2CCC[N@+]12C.O=S(=O)([N-]S(=O)(=O)C(F)(F)F)C(F)(F)F. The van der Waals surface area contributed by atoms with Crippen LogP contribution in [0, 0.1) is 6.92 Å². The fourth-order valence-electron chi connectivity index (χ4n) is 5.87. The molecule has 0 radical (unpaired) electrons. The topological polar surface area (TPSA) is 91.6 Å². The number of sulfonamides is 2. The lowest BCUT2D eigenvalue weighted by molar-refractivity contribution is -0.815. The summed E-state index contributed by atoms with van der Waals surface area (Å²) in [5.74, 6) is 0. The van der Waals surface area contributed by atoms with E-state index in [0.29, 0.717) is 6.04 Å². The van der Waals surface area contributed by atoms with Gasteiger partial charge in [0.05, 0.1) is 13.6 Å². The summed E-state index contributed by atoms with van der Waals surface area (Å²) in [6.07, 6.45) is 2.43. The van der Waals surface area contributed by atoms with Crippen LogP contribution < -0.4 is 5.46 Å². The number of aryl methyl sites for hydroxylation is 1. The number of rotatable bonds is 5. The maximum Gasteiger partial charge on any atom is 0.612 e. The molecule has 2 heterocycles. The lowest BCUT2D eigenvalue weighted by atomic mass is 9.67. The van der Waals surface area contributed by atoms with Gasteiger partial charge >= 0.3 is 18.1 Å². The van der Waals surface area contributed by atoms with Crippen LogP contribution in [0.4, 0.5) is 26.3 Å². The van der Waals surface area contributed by atoms with Gasteiger partial charge in [-0.2, -0.15) is 26.3 Å². The number of hydrogen-bond donors (Lipinski definition) is 0. The molecule has 2 aliphatic heterocycles. The standard InChI is InChI=1S/C25H27BNO.C2F6NO4S2/c1-20-12-9-10-17-23(20)26-27(2)19-11-18-24(27)25(28-26,21-13-5-3-6-14-21)22-15-7-4-8-16-22;3-1(4,5)14(10,11)9-15(12,13)2(6,7)8/h3-10,12-17,24H,11,18-19H2,1-2H3;/q+1;-1/t24-,27+;/m1./s1. The van der Waals surface area contributed by atoms with Crippen molar-refractivity contribution in [3.63, 3.8) is 0 Å². The van der Waals surface area contributed by atoms with Gasteiger partial charge in [0.25, 0.3) is 0 Å². The van der Waals surface area contributed by atoms with Gasteiger partial charge in [0, 0.05) is 18.3 Å². The predicted molar refractivity (Wildman–Crippen MR) is 149 cm³/mol. The molecule has 0 aromatic heterocycles. The second-order valence-corrected chi connectivity index (χ2v) is 13.9. The quantitative estimate of drug-likeness (QED) is 0.276. The summed E-state index contributed by atoms with van der Waals surface area (Å²) in [5.41, 5.74) is -7.64. The highest BCUT2D eigenvalue weighted by molar-refractivity contribution is 8.13. The van der Waals surface area contributed by atoms with Crippen LogP contribution in [0.15, 0.2) is 84.9 Å². The van der Waals surface area contributed by atoms with E-state index in [0.717, 1.165) is 15.1 Å². The van der Waals surface area contributed by atoms with Crippen molar-refractivity contribution in [1.29, 1.82) is 0 Å². The van der Waals surface area contributed by atoms with Crippen molar-refractivity contribution in [2.45, 2.75) is 42.4 Å². The Bertz CT molecular complexity index is 1570. The first-order valence-corrected chi connectivity index (χ1v) is 15.8. The number of quaternary nitrogens is 1. The van der Waals surface area contributed by atoms with E-state index in [2.05, 4.69) is 98.9 Å². The summed E-state index contributed by atoms with van der Waals surface area (Å²) in [6.45, 7) is 3.37. The average molecular weight is 648 g/mol. The first-order chi connectivity index (χ1) is 19.9. The molecule has 3 aromatic rings. The molecule has 0 N–H and O–H groups in total. The summed E-state index contributed by atoms with van der Waals surface area (Å²) >= 11 is 0. The molecule has 2 saturated heterocycles. The highest BCUT2D eigenvalue weighted by Gasteiger charge is 2.69. The second-order valence-electron chi connectivity index (χ2n) is 10.4. The van der Waals surface area contributed by atoms with Crippen molar-refractivity contribution in [3.8, 4) is 0 Å². The zero-order valence-corrected chi connectivity index (χ0v) is 24.5. The van der Waals surface area contributed by atoms with E-state index in [-0.39, 0.29) is 7.05 Å². The van der Waals surface area contributed by atoms with Gasteiger partial charge in [-0.15, -0.1) is 0 Å². The molecule has 2 atom stereocenters. The largest absolute Gasteiger partial charge is 0.612 e. The maximum absolute atomic E-state index is 11.4. The Morgan fingerprint density at radius 3 is 1.67 bits per heavy atom. The number of nitrogens with zero attached hydrogens (tertiary/aromatic N) is 2. The van der Waals surface area contributed by atoms with E-state index < -0.39 is 36.7 Å². The first-order valence-electron chi connectivity index (χ1n) is 12.9. The van der Waals surface area contributed by atoms with Gasteiger partial charge in [0.2, 0.25) is 0 Å². The Morgan fingerprint density at radius 1 is 0.791 bits per heavy atom. The van der Waals surface area contributed by atoms with E-state index in [1.165, 1.54) is 35.0 Å². The lowest BCUT2D eigenvalue weighted by Crippen LogP contribution is -2.60. The molecule has 0 bridgehead atoms. The Kier molecular flexibility index (Phi) is 8.85. The van der Waals surface area contributed by atoms with Crippen LogP contribution in [-0.2, 0) is 30.3 Å². The molecule has 0 aliphatic carbocycles. The van der Waals surface area contributed by atoms with E-state index in [1.807, 2.05) is 0 Å². The monoisotopic (exact) mass is 648 g/mol. The van der Waals surface area contributed by atoms with Gasteiger partial charge in [-0.1, -0.05) is 84.9 Å². The molecule has 0 saturated carbocycles. The van der Waals surface area contributed by atoms with Gasteiger partial charge in [0.15, 0.2) is 25.6 Å². The van der Waals surface area contributed by atoms with Gasteiger partial charge in [-0.25, -0.2) is 16.8 Å². The third-order valence-electron chi connectivity index (χ3n) is 7.77. The van der Waals surface area contributed by atoms with Crippen LogP contribution in [0.1, 0.15) is 29.5 Å². The molecule has 43 heavy (non-hydrogen) atoms. The van der Waals surface area contributed by atoms with Crippen LogP contribution in [0.2, 0.25) is 0 Å². The minimum Gasteiger partial charge on any atom is -0.421 e. The van der Waals surface area contributed by atoms with Crippen LogP contribution in [0.3, 0.4) is 0 Å². The van der Waals surface area contributed by atoms with E-state index >= 15 is 0 Å². The van der Waals surface area contributed by atoms with E-state index in [4.69, 9.17) is 4.65 Å². The van der Waals surface area contributed by atoms with Crippen molar-refractivity contribution < 1.29 is 52.2 Å². The van der Waals surface area contributed by atoms with Gasteiger partial charge in [0.1, 0.15) is 6.04 Å². The van der Waals surface area contributed by atoms with Gasteiger partial charge in [-0.05, 0) is 23.6 Å². The molecular weight excluding hydrogens is 621 g/mol. The Morgan fingerprint density at radius 2 is 1.23 bits per heavy atom. The normalized spacial score (nSPS) is 22.0. The molecule has 2 aliphatic rings. The number of likely N-dealkylation sites (N-methyl/N-ethyl adjacent to an activating group) is 1. The molecule has 232 valence electrons. The van der Waals surface area contributed by atoms with Gasteiger partial charge in [-0.3, -0.25) is 0 Å². The highest BCUT2D eigenvalue weighted by atomic mass is 32.3. The summed E-state index contributed by atoms with van der Waals surface area (Å²) in [5, 5.41) is 0. The maximum atomic E-state index is 11.4. The number of alkyl halides is 6. The number of halogens is 6. The predicted octanol–water partition coefficient (Wildman–Crippen LogP) is 5.33. The molecule has 7 nitrogen and oxygen atoms in total. The molecule has 0 spiro atoms. The van der Waals surface area contributed by atoms with Crippen LogP contribution in [-0.4, -0.2) is 58.9 Å². The van der Waals surface area contributed by atoms with Gasteiger partial charge < -0.3 is 13.2 Å². The number of fused-ring (bicyclic) bond motifs is 1. The number of benzene rings is 3. The zero-order chi connectivity index (χ0) is 31.9. The molecule has 3 aromatic carbocycles. The highest BCUT2D eigenvalue weighted by Crippen LogP contribution is 2.52. The summed E-state index contributed by atoms with van der Waals surface area (Å²) in [4.78, 5) is 0. The molecule has 2 fully saturated rings. The second kappa shape index (κ2) is 11.5. The van der Waals surface area contributed by atoms with Crippen LogP contribution in [0.25, 0.3) is 4.13 Å². The van der Waals surface area contributed by atoms with Crippen molar-refractivity contribution in [2.24, 2.45) is 0 Å². The summed E-state index contributed by atoms with van der Waals surface area (Å²) in [7, 11) is -11.0. The molecule has 16 heteroatoms. The third-order valence-corrected chi connectivity index (χ3v) is 10.5. The lowest BCUT2D eigenvalue weighted by Gasteiger charge is -2.38. The Balaban J connectivity index is 0.000000242. The minimum absolute atomic E-state index is 0.0501. The Hall–Kier alpha value is -2.92. The molecular formula is C27H27BF6N2O5S2. The summed E-state index contributed by atoms with van der Waals surface area (Å²) in [6, 6.07) is 30.9. The van der Waals surface area contributed by atoms with Crippen molar-refractivity contribution >= 4 is 32.6 Å². The third kappa shape index (κ3) is 6.07. The van der Waals surface area contributed by atoms with E-state index in [9.17, 15) is 43.2 Å². The fraction of sp³-hybridized carbons (Fsp3) is 0.333. The molecule has 0 amide bonds. The van der Waals surface area contributed by atoms with Crippen LogP contribution in [0.5, 0.6) is 0 Å². The van der Waals surface area contributed by atoms with Crippen molar-refractivity contribution in [1.82, 2.24) is 0 Å². The smallest absolute Gasteiger partial charge is 0.421 e. The fourth-order valence-corrected chi connectivity index (χ4v) is 7.58. The Labute approximate surface area is 246 Å². The average Bonchev–Trinajstić information content (AvgIpc) is 3.43. The van der Waals surface area contributed by atoms with Crippen molar-refractivity contribution in [2.75, 3.05) is 13.6 Å². The van der Waals surface area contributed by atoms with Crippen molar-refractivity contribution in [3.05, 3.63) is 106 Å². The first kappa shape index (κ1) is 33.0. The summed E-state index contributed by atoms with van der Waals surface area (Å²) < 4.78 is 117. The number of hydrogen-bond acceptors (Lipinski definition) is 5. The molecule has 0 unspecified atom stereocenters. The van der Waals surface area contributed by atoms with Crippen LogP contribution >= 0.6 is 0 Å². The molecule has 5 rings (SSSR count). The minimum atomic E-state index is -6.72. The zero-order valence-electron chi connectivity index (χ0n) is 22.9.